The highest BCUT2D eigenvalue weighted by Crippen LogP contribution is 2.15. The van der Waals surface area contributed by atoms with Crippen LogP contribution in [0.2, 0.25) is 0 Å². The molecule has 0 atom stereocenters. The number of aliphatic hydroxyl groups is 2. The number of carbonyl (C=O) groups excluding carboxylic acids is 2. The highest BCUT2D eigenvalue weighted by Gasteiger charge is 2.13. The molecule has 0 aromatic heterocycles. The van der Waals surface area contributed by atoms with Gasteiger partial charge in [0.1, 0.15) is 0 Å². The maximum absolute atomic E-state index is 11.6. The molecule has 2 aromatic carbocycles. The van der Waals surface area contributed by atoms with Crippen LogP contribution < -0.4 is 0 Å². The van der Waals surface area contributed by atoms with Crippen LogP contribution in [0.15, 0.2) is 36.4 Å². The van der Waals surface area contributed by atoms with Gasteiger partial charge in [0.15, 0.2) is 0 Å². The number of hydrogen-bond acceptors (Lipinski definition) is 8. The molecule has 2 aromatic rings. The SMILES string of the molecule is CN(C)CCCc1cc(CO)cc(CO)c1.COC(=O)c1cc(CCCN(C)C)cc(C(=O)OC)c1. The number of aryl methyl sites for hydroxylation is 2. The van der Waals surface area contributed by atoms with Crippen molar-refractivity contribution in [2.75, 3.05) is 55.5 Å². The maximum Gasteiger partial charge on any atom is 0.337 e. The molecule has 0 spiro atoms. The van der Waals surface area contributed by atoms with Gasteiger partial charge in [0.2, 0.25) is 0 Å². The molecule has 0 aliphatic heterocycles. The summed E-state index contributed by atoms with van der Waals surface area (Å²) < 4.78 is 9.41. The summed E-state index contributed by atoms with van der Waals surface area (Å²) in [5.41, 5.74) is 4.62. The van der Waals surface area contributed by atoms with Crippen molar-refractivity contribution in [2.45, 2.75) is 38.9 Å². The van der Waals surface area contributed by atoms with Gasteiger partial charge in [-0.2, -0.15) is 0 Å². The minimum Gasteiger partial charge on any atom is -0.465 e. The Bertz CT molecular complexity index is 903. The molecule has 0 radical (unpaired) electrons. The molecule has 2 N–H and O–H groups in total. The summed E-state index contributed by atoms with van der Waals surface area (Å²) in [6, 6.07) is 10.9. The van der Waals surface area contributed by atoms with Crippen molar-refractivity contribution in [3.8, 4) is 0 Å². The normalized spacial score (nSPS) is 10.7. The molecule has 36 heavy (non-hydrogen) atoms. The van der Waals surface area contributed by atoms with Crippen LogP contribution in [-0.4, -0.2) is 87.5 Å². The molecule has 0 aliphatic rings. The molecule has 8 heteroatoms. The topological polar surface area (TPSA) is 99.5 Å². The van der Waals surface area contributed by atoms with E-state index in [1.54, 1.807) is 12.1 Å². The van der Waals surface area contributed by atoms with E-state index in [2.05, 4.69) is 23.9 Å². The fraction of sp³-hybridized carbons (Fsp3) is 0.500. The van der Waals surface area contributed by atoms with Gasteiger partial charge in [0, 0.05) is 0 Å². The summed E-state index contributed by atoms with van der Waals surface area (Å²) in [6.45, 7) is 2.07. The zero-order valence-corrected chi connectivity index (χ0v) is 22.5. The van der Waals surface area contributed by atoms with E-state index >= 15 is 0 Å². The Hall–Kier alpha value is -2.78. The smallest absolute Gasteiger partial charge is 0.337 e. The second-order valence-electron chi connectivity index (χ2n) is 9.19. The van der Waals surface area contributed by atoms with Crippen molar-refractivity contribution in [2.24, 2.45) is 0 Å². The van der Waals surface area contributed by atoms with Gasteiger partial charge in [-0.15, -0.1) is 0 Å². The molecule has 0 saturated heterocycles. The van der Waals surface area contributed by atoms with Crippen molar-refractivity contribution in [3.63, 3.8) is 0 Å². The third-order valence-electron chi connectivity index (χ3n) is 5.45. The molecular formula is C28H42N2O6. The standard InChI is InChI=1S/C15H21NO4.C13H21NO2/c1-16(2)7-5-6-11-8-12(14(17)19-3)10-13(9-11)15(18)20-4;1-14(2)5-3-4-11-6-12(9-15)8-13(7-11)10-16/h8-10H,5-7H2,1-4H3;6-8,15-16H,3-5,9-10H2,1-2H3. The third-order valence-corrected chi connectivity index (χ3v) is 5.45. The van der Waals surface area contributed by atoms with Crippen molar-refractivity contribution >= 4 is 11.9 Å². The molecule has 2 rings (SSSR count). The van der Waals surface area contributed by atoms with E-state index in [0.29, 0.717) is 11.1 Å². The molecule has 200 valence electrons. The molecular weight excluding hydrogens is 460 g/mol. The van der Waals surface area contributed by atoms with E-state index in [-0.39, 0.29) is 13.2 Å². The number of ether oxygens (including phenoxy) is 2. The van der Waals surface area contributed by atoms with Crippen LogP contribution in [0.5, 0.6) is 0 Å². The Morgan fingerprint density at radius 2 is 1.00 bits per heavy atom. The van der Waals surface area contributed by atoms with Gasteiger partial charge in [0.25, 0.3) is 0 Å². The van der Waals surface area contributed by atoms with Crippen LogP contribution in [0.4, 0.5) is 0 Å². The molecule has 0 heterocycles. The van der Waals surface area contributed by atoms with Crippen molar-refractivity contribution in [1.82, 2.24) is 9.80 Å². The van der Waals surface area contributed by atoms with Crippen molar-refractivity contribution in [3.05, 3.63) is 69.8 Å². The van der Waals surface area contributed by atoms with Gasteiger partial charge < -0.3 is 29.5 Å². The monoisotopic (exact) mass is 502 g/mol. The van der Waals surface area contributed by atoms with Crippen LogP contribution in [0.25, 0.3) is 0 Å². The number of hydrogen-bond donors (Lipinski definition) is 2. The summed E-state index contributed by atoms with van der Waals surface area (Å²) in [5.74, 6) is -0.908. The Morgan fingerprint density at radius 3 is 1.33 bits per heavy atom. The Morgan fingerprint density at radius 1 is 0.639 bits per heavy atom. The van der Waals surface area contributed by atoms with Crippen LogP contribution in [-0.2, 0) is 35.5 Å². The van der Waals surface area contributed by atoms with Gasteiger partial charge >= 0.3 is 11.9 Å². The summed E-state index contributed by atoms with van der Waals surface area (Å²) in [6.07, 6.45) is 3.80. The summed E-state index contributed by atoms with van der Waals surface area (Å²) in [4.78, 5) is 27.5. The van der Waals surface area contributed by atoms with E-state index in [1.807, 2.05) is 32.3 Å². The van der Waals surface area contributed by atoms with E-state index in [4.69, 9.17) is 19.7 Å². The molecule has 0 unspecified atom stereocenters. The quantitative estimate of drug-likeness (QED) is 0.428. The van der Waals surface area contributed by atoms with Crippen molar-refractivity contribution in [1.29, 1.82) is 0 Å². The lowest BCUT2D eigenvalue weighted by atomic mass is 10.0. The minimum absolute atomic E-state index is 0.0362. The predicted molar refractivity (Wildman–Crippen MR) is 141 cm³/mol. The van der Waals surface area contributed by atoms with Gasteiger partial charge in [-0.25, -0.2) is 9.59 Å². The van der Waals surface area contributed by atoms with Crippen LogP contribution in [0.1, 0.15) is 55.8 Å². The lowest BCUT2D eigenvalue weighted by Gasteiger charge is -2.10. The molecule has 0 amide bonds. The molecule has 8 nitrogen and oxygen atoms in total. The fourth-order valence-corrected chi connectivity index (χ4v) is 3.67. The fourth-order valence-electron chi connectivity index (χ4n) is 3.67. The first-order chi connectivity index (χ1) is 17.1. The zero-order valence-electron chi connectivity index (χ0n) is 22.5. The summed E-state index contributed by atoms with van der Waals surface area (Å²) in [7, 11) is 10.8. The highest BCUT2D eigenvalue weighted by atomic mass is 16.5. The first-order valence-corrected chi connectivity index (χ1v) is 12.1. The average Bonchev–Trinajstić information content (AvgIpc) is 2.87. The number of rotatable bonds is 12. The molecule has 0 fully saturated rings. The highest BCUT2D eigenvalue weighted by molar-refractivity contribution is 5.95. The predicted octanol–water partition coefficient (Wildman–Crippen LogP) is 2.92. The minimum atomic E-state index is -0.454. The number of aliphatic hydroxyl groups excluding tert-OH is 2. The van der Waals surface area contributed by atoms with Crippen LogP contribution >= 0.6 is 0 Å². The maximum atomic E-state index is 11.6. The summed E-state index contributed by atoms with van der Waals surface area (Å²) in [5, 5.41) is 18.2. The average molecular weight is 503 g/mol. The molecule has 0 aliphatic carbocycles. The lowest BCUT2D eigenvalue weighted by molar-refractivity contribution is 0.0599. The number of nitrogens with zero attached hydrogens (tertiary/aromatic N) is 2. The number of methoxy groups -OCH3 is 2. The first kappa shape index (κ1) is 31.3. The lowest BCUT2D eigenvalue weighted by Crippen LogP contribution is -2.14. The second kappa shape index (κ2) is 16.8. The van der Waals surface area contributed by atoms with Crippen LogP contribution in [0.3, 0.4) is 0 Å². The van der Waals surface area contributed by atoms with Gasteiger partial charge in [0.05, 0.1) is 38.6 Å². The van der Waals surface area contributed by atoms with Crippen molar-refractivity contribution < 1.29 is 29.3 Å². The number of carbonyl (C=O) groups is 2. The Balaban J connectivity index is 0.000000369. The van der Waals surface area contributed by atoms with Gasteiger partial charge in [-0.1, -0.05) is 18.2 Å². The number of esters is 2. The van der Waals surface area contributed by atoms with Gasteiger partial charge in [-0.05, 0) is 107 Å². The summed E-state index contributed by atoms with van der Waals surface area (Å²) >= 11 is 0. The van der Waals surface area contributed by atoms with E-state index in [1.165, 1.54) is 25.8 Å². The van der Waals surface area contributed by atoms with Gasteiger partial charge in [-0.3, -0.25) is 0 Å². The molecule has 0 saturated carbocycles. The molecule has 0 bridgehead atoms. The van der Waals surface area contributed by atoms with E-state index < -0.39 is 11.9 Å². The number of benzene rings is 2. The third kappa shape index (κ3) is 11.8. The van der Waals surface area contributed by atoms with E-state index in [9.17, 15) is 9.59 Å². The first-order valence-electron chi connectivity index (χ1n) is 12.1. The largest absolute Gasteiger partial charge is 0.465 e. The zero-order chi connectivity index (χ0) is 27.1. The Kier molecular flexibility index (Phi) is 14.6. The Labute approximate surface area is 215 Å². The second-order valence-corrected chi connectivity index (χ2v) is 9.19. The van der Waals surface area contributed by atoms with E-state index in [0.717, 1.165) is 55.5 Å². The van der Waals surface area contributed by atoms with Crippen LogP contribution in [0, 0.1) is 0 Å².